The molecule has 40 heavy (non-hydrogen) atoms. The van der Waals surface area contributed by atoms with Crippen molar-refractivity contribution >= 4 is 57.8 Å². The molecule has 4 aromatic rings. The molecule has 0 saturated heterocycles. The van der Waals surface area contributed by atoms with Crippen LogP contribution < -0.4 is 10.6 Å². The van der Waals surface area contributed by atoms with Crippen molar-refractivity contribution in [3.8, 4) is 0 Å². The summed E-state index contributed by atoms with van der Waals surface area (Å²) in [5.74, 6) is -0.391. The highest BCUT2D eigenvalue weighted by molar-refractivity contribution is 6.32. The number of carbonyl (C=O) groups is 2. The average molecular weight is 569 g/mol. The second kappa shape index (κ2) is 12.7. The van der Waals surface area contributed by atoms with Crippen LogP contribution in [0.3, 0.4) is 0 Å². The lowest BCUT2D eigenvalue weighted by Gasteiger charge is -2.16. The monoisotopic (exact) mass is 568 g/mol. The van der Waals surface area contributed by atoms with Crippen LogP contribution in [0.1, 0.15) is 35.1 Å². The predicted molar refractivity (Wildman–Crippen MR) is 163 cm³/mol. The lowest BCUT2D eigenvalue weighted by molar-refractivity contribution is -0.116. The number of fused-ring (bicyclic) bond motifs is 2. The van der Waals surface area contributed by atoms with Gasteiger partial charge in [0.1, 0.15) is 0 Å². The number of amides is 2. The summed E-state index contributed by atoms with van der Waals surface area (Å²) in [5.41, 5.74) is 5.47. The highest BCUT2D eigenvalue weighted by Gasteiger charge is 2.18. The highest BCUT2D eigenvalue weighted by atomic mass is 35.5. The molecule has 2 amide bonds. The molecular weight excluding hydrogens is 543 g/mol. The van der Waals surface area contributed by atoms with Crippen LogP contribution in [0.15, 0.2) is 107 Å². The molecule has 200 valence electrons. The van der Waals surface area contributed by atoms with Gasteiger partial charge in [-0.2, -0.15) is 0 Å². The van der Waals surface area contributed by atoms with E-state index in [1.54, 1.807) is 36.4 Å². The number of carbonyl (C=O) groups excluding carboxylic acids is 2. The molecule has 0 fully saturated rings. The van der Waals surface area contributed by atoms with Gasteiger partial charge >= 0.3 is 0 Å². The molecule has 8 heteroatoms. The number of nitrogens with one attached hydrogen (secondary N) is 2. The number of rotatable bonds is 2. The molecule has 6 nitrogen and oxygen atoms in total. The van der Waals surface area contributed by atoms with Gasteiger partial charge in [-0.25, -0.2) is 0 Å². The Morgan fingerprint density at radius 2 is 0.950 bits per heavy atom. The Hall–Kier alpha value is -4.26. The summed E-state index contributed by atoms with van der Waals surface area (Å²) in [5, 5.41) is 7.05. The molecule has 0 aliphatic carbocycles. The largest absolute Gasteiger partial charge is 0.325 e. The third kappa shape index (κ3) is 6.65. The summed E-state index contributed by atoms with van der Waals surface area (Å²) in [6.07, 6.45) is 0.275. The number of benzene rings is 4. The van der Waals surface area contributed by atoms with Crippen molar-refractivity contribution in [2.24, 2.45) is 9.98 Å². The predicted octanol–water partition coefficient (Wildman–Crippen LogP) is 7.04. The number of halogens is 2. The highest BCUT2D eigenvalue weighted by Crippen LogP contribution is 2.27. The third-order valence-electron chi connectivity index (χ3n) is 6.33. The fourth-order valence-electron chi connectivity index (χ4n) is 4.46. The molecule has 0 radical (unpaired) electrons. The second-order valence-corrected chi connectivity index (χ2v) is 10.0. The van der Waals surface area contributed by atoms with E-state index < -0.39 is 0 Å². The molecule has 1 heterocycles. The maximum absolute atomic E-state index is 13.1. The second-order valence-electron chi connectivity index (χ2n) is 9.17. The van der Waals surface area contributed by atoms with E-state index >= 15 is 0 Å². The number of hydrogen-bond donors (Lipinski definition) is 2. The maximum atomic E-state index is 13.1. The van der Waals surface area contributed by atoms with Crippen LogP contribution >= 0.6 is 23.2 Å². The first kappa shape index (κ1) is 27.3. The lowest BCUT2D eigenvalue weighted by Crippen LogP contribution is -2.19. The minimum Gasteiger partial charge on any atom is -0.325 e. The lowest BCUT2D eigenvalue weighted by atomic mass is 9.99. The van der Waals surface area contributed by atoms with Crippen LogP contribution in [-0.4, -0.2) is 36.3 Å². The first-order valence-corrected chi connectivity index (χ1v) is 13.6. The van der Waals surface area contributed by atoms with Crippen molar-refractivity contribution in [1.82, 2.24) is 0 Å². The number of aliphatic imine (C=N–C) groups is 2. The Bertz CT molecular complexity index is 1480. The maximum Gasteiger partial charge on any atom is 0.226 e. The Kier molecular flexibility index (Phi) is 8.69. The van der Waals surface area contributed by atoms with Gasteiger partial charge in [-0.05, 0) is 36.4 Å². The van der Waals surface area contributed by atoms with Crippen LogP contribution in [0.25, 0.3) is 0 Å². The van der Waals surface area contributed by atoms with Gasteiger partial charge in [0.2, 0.25) is 11.8 Å². The van der Waals surface area contributed by atoms with Crippen molar-refractivity contribution in [2.75, 3.05) is 23.7 Å². The Morgan fingerprint density at radius 1 is 0.550 bits per heavy atom. The summed E-state index contributed by atoms with van der Waals surface area (Å²) in [7, 11) is 0. The zero-order chi connectivity index (χ0) is 27.9. The SMILES string of the molecule is O=C1CCN=C(c2ccccc2)c2cc(Cl)ccc2NC(=O)CCN=C(c2ccccc2)c2cc(Cl)ccc2N1. The van der Waals surface area contributed by atoms with Crippen molar-refractivity contribution in [3.05, 3.63) is 129 Å². The van der Waals surface area contributed by atoms with E-state index in [1.165, 1.54) is 0 Å². The van der Waals surface area contributed by atoms with Crippen molar-refractivity contribution in [3.63, 3.8) is 0 Å². The van der Waals surface area contributed by atoms with Gasteiger partial charge in [0.15, 0.2) is 0 Å². The zero-order valence-electron chi connectivity index (χ0n) is 21.5. The summed E-state index contributed by atoms with van der Waals surface area (Å²) in [6, 6.07) is 29.8. The zero-order valence-corrected chi connectivity index (χ0v) is 23.0. The van der Waals surface area contributed by atoms with Gasteiger partial charge in [0.25, 0.3) is 0 Å². The van der Waals surface area contributed by atoms with E-state index in [9.17, 15) is 9.59 Å². The van der Waals surface area contributed by atoms with Gasteiger partial charge < -0.3 is 10.6 Å². The average Bonchev–Trinajstić information content (AvgIpc) is 2.96. The summed E-state index contributed by atoms with van der Waals surface area (Å²) >= 11 is 12.8. The minimum atomic E-state index is -0.195. The van der Waals surface area contributed by atoms with Gasteiger partial charge in [0, 0.05) is 58.2 Å². The Morgan fingerprint density at radius 3 is 1.35 bits per heavy atom. The fourth-order valence-corrected chi connectivity index (χ4v) is 4.81. The quantitative estimate of drug-likeness (QED) is 0.272. The molecule has 0 spiro atoms. The summed E-state index contributed by atoms with van der Waals surface area (Å²) in [6.45, 7) is 0.441. The van der Waals surface area contributed by atoms with Gasteiger partial charge in [0.05, 0.1) is 22.8 Å². The van der Waals surface area contributed by atoms with Crippen LogP contribution in [0.2, 0.25) is 10.0 Å². The van der Waals surface area contributed by atoms with Crippen LogP contribution in [0, 0.1) is 0 Å². The van der Waals surface area contributed by atoms with Crippen LogP contribution in [-0.2, 0) is 9.59 Å². The van der Waals surface area contributed by atoms with E-state index in [2.05, 4.69) is 10.6 Å². The van der Waals surface area contributed by atoms with Crippen molar-refractivity contribution < 1.29 is 9.59 Å². The van der Waals surface area contributed by atoms with Crippen LogP contribution in [0.5, 0.6) is 0 Å². The Balaban J connectivity index is 1.58. The van der Waals surface area contributed by atoms with E-state index in [1.807, 2.05) is 60.7 Å². The normalized spacial score (nSPS) is 14.7. The van der Waals surface area contributed by atoms with Gasteiger partial charge in [-0.3, -0.25) is 19.6 Å². The topological polar surface area (TPSA) is 82.9 Å². The van der Waals surface area contributed by atoms with E-state index in [0.29, 0.717) is 44.0 Å². The van der Waals surface area contributed by atoms with E-state index in [-0.39, 0.29) is 37.7 Å². The fraction of sp³-hybridized carbons (Fsp3) is 0.125. The minimum absolute atomic E-state index is 0.137. The molecule has 1 aliphatic heterocycles. The number of anilines is 2. The van der Waals surface area contributed by atoms with E-state index in [0.717, 1.165) is 11.1 Å². The first-order valence-electron chi connectivity index (χ1n) is 12.9. The molecule has 5 rings (SSSR count). The molecule has 4 aromatic carbocycles. The van der Waals surface area contributed by atoms with Crippen molar-refractivity contribution in [1.29, 1.82) is 0 Å². The van der Waals surface area contributed by atoms with Gasteiger partial charge in [-0.1, -0.05) is 83.9 Å². The summed E-state index contributed by atoms with van der Waals surface area (Å²) in [4.78, 5) is 35.9. The number of hydrogen-bond acceptors (Lipinski definition) is 4. The number of nitrogens with zero attached hydrogens (tertiary/aromatic N) is 2. The van der Waals surface area contributed by atoms with E-state index in [4.69, 9.17) is 33.2 Å². The molecule has 0 aromatic heterocycles. The first-order chi connectivity index (χ1) is 19.5. The standard InChI is InChI=1S/C32H26Cl2N4O2/c33-23-11-13-27-25(19-23)31(21-7-3-1-4-8-21)35-17-15-29(39)38-28-14-12-24(34)20-26(28)32(22-9-5-2-6-10-22)36-18-16-30(40)37-27/h1-14,19-20H,15-18H2,(H,37,40)(H,38,39). The summed E-state index contributed by atoms with van der Waals surface area (Å²) < 4.78 is 0. The molecular formula is C32H26Cl2N4O2. The molecule has 0 atom stereocenters. The van der Waals surface area contributed by atoms with Gasteiger partial charge in [-0.15, -0.1) is 0 Å². The molecule has 1 aliphatic rings. The smallest absolute Gasteiger partial charge is 0.226 e. The molecule has 0 unspecified atom stereocenters. The third-order valence-corrected chi connectivity index (χ3v) is 6.80. The molecule has 0 bridgehead atoms. The Labute approximate surface area is 242 Å². The molecule has 0 saturated carbocycles. The van der Waals surface area contributed by atoms with Crippen LogP contribution in [0.4, 0.5) is 11.4 Å². The van der Waals surface area contributed by atoms with Crippen molar-refractivity contribution in [2.45, 2.75) is 12.8 Å². The molecule has 2 N–H and O–H groups in total.